The van der Waals surface area contributed by atoms with Crippen LogP contribution in [0.4, 0.5) is 0 Å². The maximum atomic E-state index is 12.7. The highest BCUT2D eigenvalue weighted by molar-refractivity contribution is 7.89. The zero-order valence-electron chi connectivity index (χ0n) is 15.5. The summed E-state index contributed by atoms with van der Waals surface area (Å²) in [5.41, 5.74) is 4.90. The minimum absolute atomic E-state index is 0.0614. The third-order valence-corrected chi connectivity index (χ3v) is 6.03. The lowest BCUT2D eigenvalue weighted by Gasteiger charge is -2.23. The van der Waals surface area contributed by atoms with E-state index < -0.39 is 15.9 Å². The molecule has 7 nitrogen and oxygen atoms in total. The molecule has 0 fully saturated rings. The Kier molecular flexibility index (Phi) is 7.82. The van der Waals surface area contributed by atoms with Crippen LogP contribution >= 0.6 is 23.8 Å². The number of hydrogen-bond acceptors (Lipinski definition) is 4. The van der Waals surface area contributed by atoms with Crippen LogP contribution in [0, 0.1) is 0 Å². The Bertz CT molecular complexity index is 772. The monoisotopic (exact) mass is 420 g/mol. The first kappa shape index (κ1) is 22.6. The topological polar surface area (TPSA) is 90.5 Å². The number of nitrogens with one attached hydrogen (secondary N) is 3. The smallest absolute Gasteiger partial charge is 0.269 e. The fourth-order valence-corrected chi connectivity index (χ4v) is 4.42. The summed E-state index contributed by atoms with van der Waals surface area (Å²) in [5.74, 6) is -0.532. The molecule has 1 aromatic carbocycles. The highest BCUT2D eigenvalue weighted by Crippen LogP contribution is 2.25. The number of nitrogens with zero attached hydrogens (tertiary/aromatic N) is 1. The molecule has 1 aromatic rings. The van der Waals surface area contributed by atoms with E-state index in [0.29, 0.717) is 13.1 Å². The lowest BCUT2D eigenvalue weighted by atomic mass is 10.1. The number of benzene rings is 1. The first-order chi connectivity index (χ1) is 11.9. The molecule has 0 saturated heterocycles. The van der Waals surface area contributed by atoms with E-state index in [4.69, 9.17) is 23.8 Å². The van der Waals surface area contributed by atoms with Crippen molar-refractivity contribution in [2.45, 2.75) is 45.1 Å². The lowest BCUT2D eigenvalue weighted by molar-refractivity contribution is 0.0943. The molecule has 0 aromatic heterocycles. The molecule has 0 saturated carbocycles. The highest BCUT2D eigenvalue weighted by Gasteiger charge is 2.25. The van der Waals surface area contributed by atoms with Crippen molar-refractivity contribution >= 4 is 44.9 Å². The number of halogens is 1. The summed E-state index contributed by atoms with van der Waals surface area (Å²) in [6, 6.07) is 4.09. The molecule has 146 valence electrons. The van der Waals surface area contributed by atoms with Crippen LogP contribution in [0.3, 0.4) is 0 Å². The van der Waals surface area contributed by atoms with Crippen LogP contribution < -0.4 is 16.2 Å². The minimum atomic E-state index is -3.78. The summed E-state index contributed by atoms with van der Waals surface area (Å²) < 4.78 is 26.6. The molecule has 0 aliphatic rings. The van der Waals surface area contributed by atoms with Crippen LogP contribution in [0.25, 0.3) is 0 Å². The molecule has 0 bridgehead atoms. The van der Waals surface area contributed by atoms with Crippen molar-refractivity contribution in [1.29, 1.82) is 0 Å². The average molecular weight is 421 g/mol. The highest BCUT2D eigenvalue weighted by atomic mass is 35.5. The van der Waals surface area contributed by atoms with Crippen molar-refractivity contribution in [1.82, 2.24) is 20.5 Å². The van der Waals surface area contributed by atoms with E-state index >= 15 is 0 Å². The van der Waals surface area contributed by atoms with Gasteiger partial charge in [0.1, 0.15) is 4.90 Å². The molecular formula is C16H25ClN4O3S2. The lowest BCUT2D eigenvalue weighted by Crippen LogP contribution is -2.52. The summed E-state index contributed by atoms with van der Waals surface area (Å²) in [6.45, 7) is 9.85. The van der Waals surface area contributed by atoms with E-state index in [9.17, 15) is 13.2 Å². The van der Waals surface area contributed by atoms with Crippen LogP contribution in [-0.4, -0.2) is 42.4 Å². The van der Waals surface area contributed by atoms with Gasteiger partial charge in [0.2, 0.25) is 10.0 Å². The Morgan fingerprint density at radius 2 is 1.77 bits per heavy atom. The van der Waals surface area contributed by atoms with Gasteiger partial charge in [-0.25, -0.2) is 8.42 Å². The molecule has 0 atom stereocenters. The largest absolute Gasteiger partial charge is 0.357 e. The maximum Gasteiger partial charge on any atom is 0.269 e. The summed E-state index contributed by atoms with van der Waals surface area (Å²) >= 11 is 11.1. The first-order valence-electron chi connectivity index (χ1n) is 8.10. The van der Waals surface area contributed by atoms with Gasteiger partial charge in [0, 0.05) is 24.2 Å². The number of thiocarbonyl (C=S) groups is 1. The Hall–Kier alpha value is -1.42. The van der Waals surface area contributed by atoms with Gasteiger partial charge in [0.15, 0.2) is 5.11 Å². The molecule has 26 heavy (non-hydrogen) atoms. The maximum absolute atomic E-state index is 12.7. The number of amides is 1. The van der Waals surface area contributed by atoms with Crippen molar-refractivity contribution < 1.29 is 13.2 Å². The zero-order chi connectivity index (χ0) is 20.1. The Balaban J connectivity index is 2.99. The quantitative estimate of drug-likeness (QED) is 0.500. The molecule has 10 heteroatoms. The third kappa shape index (κ3) is 6.08. The number of carbonyl (C=O) groups is 1. The van der Waals surface area contributed by atoms with Crippen molar-refractivity contribution in [3.8, 4) is 0 Å². The normalized spacial score (nSPS) is 12.0. The number of carbonyl (C=O) groups excluding carboxylic acids is 1. The van der Waals surface area contributed by atoms with E-state index in [2.05, 4.69) is 16.2 Å². The van der Waals surface area contributed by atoms with E-state index in [0.717, 1.165) is 0 Å². The van der Waals surface area contributed by atoms with Crippen molar-refractivity contribution in [3.05, 3.63) is 28.8 Å². The molecule has 1 rings (SSSR count). The second-order valence-electron chi connectivity index (χ2n) is 6.52. The van der Waals surface area contributed by atoms with Crippen molar-refractivity contribution in [2.75, 3.05) is 13.1 Å². The van der Waals surface area contributed by atoms with Crippen LogP contribution in [-0.2, 0) is 10.0 Å². The van der Waals surface area contributed by atoms with Crippen molar-refractivity contribution in [3.63, 3.8) is 0 Å². The number of sulfonamides is 1. The van der Waals surface area contributed by atoms with Gasteiger partial charge in [0.25, 0.3) is 5.91 Å². The van der Waals surface area contributed by atoms with E-state index in [1.54, 1.807) is 13.8 Å². The molecule has 0 spiro atoms. The van der Waals surface area contributed by atoms with Crippen LogP contribution in [0.2, 0.25) is 5.02 Å². The number of rotatable bonds is 5. The summed E-state index contributed by atoms with van der Waals surface area (Å²) in [5, 5.41) is 3.29. The van der Waals surface area contributed by atoms with Gasteiger partial charge >= 0.3 is 0 Å². The summed E-state index contributed by atoms with van der Waals surface area (Å²) in [7, 11) is -3.78. The van der Waals surface area contributed by atoms with Gasteiger partial charge in [-0.1, -0.05) is 25.4 Å². The Morgan fingerprint density at radius 3 is 2.27 bits per heavy atom. The molecule has 1 amide bonds. The molecule has 0 aliphatic heterocycles. The Morgan fingerprint density at radius 1 is 1.19 bits per heavy atom. The van der Waals surface area contributed by atoms with E-state index in [1.807, 2.05) is 20.8 Å². The van der Waals surface area contributed by atoms with Gasteiger partial charge in [-0.2, -0.15) is 4.31 Å². The predicted octanol–water partition coefficient (Wildman–Crippen LogP) is 2.28. The van der Waals surface area contributed by atoms with Gasteiger partial charge in [-0.05, 0) is 51.2 Å². The number of hydrogen-bond donors (Lipinski definition) is 3. The molecule has 0 heterocycles. The minimum Gasteiger partial charge on any atom is -0.357 e. The second-order valence-corrected chi connectivity index (χ2v) is 9.24. The molecule has 0 aliphatic carbocycles. The van der Waals surface area contributed by atoms with Gasteiger partial charge in [-0.15, -0.1) is 0 Å². The zero-order valence-corrected chi connectivity index (χ0v) is 17.9. The van der Waals surface area contributed by atoms with E-state index in [-0.39, 0.29) is 26.1 Å². The van der Waals surface area contributed by atoms with Crippen LogP contribution in [0.1, 0.15) is 45.0 Å². The summed E-state index contributed by atoms with van der Waals surface area (Å²) in [6.07, 6.45) is 0. The fourth-order valence-electron chi connectivity index (χ4n) is 2.10. The predicted molar refractivity (Wildman–Crippen MR) is 108 cm³/mol. The first-order valence-corrected chi connectivity index (χ1v) is 10.3. The third-order valence-electron chi connectivity index (χ3n) is 3.29. The van der Waals surface area contributed by atoms with Crippen molar-refractivity contribution in [2.24, 2.45) is 0 Å². The Labute approximate surface area is 165 Å². The molecular weight excluding hydrogens is 396 g/mol. The number of hydrazine groups is 1. The fraction of sp³-hybridized carbons (Fsp3) is 0.500. The van der Waals surface area contributed by atoms with Gasteiger partial charge in [0.05, 0.1) is 5.02 Å². The van der Waals surface area contributed by atoms with Gasteiger partial charge < -0.3 is 5.32 Å². The molecule has 3 N–H and O–H groups in total. The standard InChI is InChI=1S/C16H25ClN4O3S2/c1-6-21(7-2)26(23,24)13-10-11(8-9-12(13)17)14(22)19-20-15(25)18-16(3,4)5/h8-10H,6-7H2,1-5H3,(H,19,22)(H2,18,20,25). The molecule has 0 unspecified atom stereocenters. The van der Waals surface area contributed by atoms with Crippen LogP contribution in [0.5, 0.6) is 0 Å². The second kappa shape index (κ2) is 8.98. The average Bonchev–Trinajstić information content (AvgIpc) is 2.52. The van der Waals surface area contributed by atoms with E-state index in [1.165, 1.54) is 22.5 Å². The summed E-state index contributed by atoms with van der Waals surface area (Å²) in [4.78, 5) is 12.2. The molecule has 0 radical (unpaired) electrons. The van der Waals surface area contributed by atoms with Crippen LogP contribution in [0.15, 0.2) is 23.1 Å². The van der Waals surface area contributed by atoms with Gasteiger partial charge in [-0.3, -0.25) is 15.6 Å². The SMILES string of the molecule is CCN(CC)S(=O)(=O)c1cc(C(=O)NNC(=S)NC(C)(C)C)ccc1Cl.